The molecule has 3 saturated carbocycles. The molecule has 0 aromatic rings. The van der Waals surface area contributed by atoms with Crippen LogP contribution >= 0.6 is 0 Å². The number of carbonyl (C=O) groups excluding carboxylic acids is 2. The minimum absolute atomic E-state index is 0.164. The Kier molecular flexibility index (Phi) is 3.28. The van der Waals surface area contributed by atoms with Crippen molar-refractivity contribution in [1.82, 2.24) is 0 Å². The van der Waals surface area contributed by atoms with Gasteiger partial charge in [-0.05, 0) is 73.7 Å². The summed E-state index contributed by atoms with van der Waals surface area (Å²) in [5, 5.41) is 0. The SMILES string of the molecule is C[C@]12C=CC(=O)C[C@@H]1CC[C@@H]1[C@@H]2CC[C@@]2(C)[C@H]1CCC21CC(=O)CO1. The van der Waals surface area contributed by atoms with Gasteiger partial charge in [0.05, 0.1) is 5.60 Å². The fourth-order valence-electron chi connectivity index (χ4n) is 7.89. The summed E-state index contributed by atoms with van der Waals surface area (Å²) in [4.78, 5) is 23.9. The van der Waals surface area contributed by atoms with Crippen molar-refractivity contribution in [3.05, 3.63) is 12.2 Å². The van der Waals surface area contributed by atoms with E-state index in [0.717, 1.165) is 18.8 Å². The molecule has 1 heterocycles. The molecule has 3 nitrogen and oxygen atoms in total. The average molecular weight is 342 g/mol. The van der Waals surface area contributed by atoms with Crippen molar-refractivity contribution in [2.24, 2.45) is 34.5 Å². The van der Waals surface area contributed by atoms with Crippen molar-refractivity contribution >= 4 is 11.6 Å². The normalized spacial score (nSPS) is 54.5. The number of Topliss-reactive ketones (excluding diaryl/α,β-unsaturated/α-hetero) is 1. The Morgan fingerprint density at radius 1 is 1.04 bits per heavy atom. The topological polar surface area (TPSA) is 43.4 Å². The molecule has 4 fully saturated rings. The number of ether oxygens (including phenoxy) is 1. The minimum Gasteiger partial charge on any atom is -0.366 e. The van der Waals surface area contributed by atoms with E-state index in [2.05, 4.69) is 19.9 Å². The largest absolute Gasteiger partial charge is 0.366 e. The summed E-state index contributed by atoms with van der Waals surface area (Å²) in [6.45, 7) is 5.18. The number of rotatable bonds is 0. The standard InChI is InChI=1S/C22H30O3/c1-20-8-5-15(23)11-14(20)3-4-17-18(20)6-9-21(2)19(17)7-10-22(21)12-16(24)13-25-22/h5,8,14,17-19H,3-4,6-7,9-13H2,1-2H3/t14-,17+,18-,19-,20-,21-,22?/m0/s1. The fraction of sp³-hybridized carbons (Fsp3) is 0.818. The van der Waals surface area contributed by atoms with Crippen molar-refractivity contribution in [1.29, 1.82) is 0 Å². The third kappa shape index (κ3) is 1.97. The Hall–Kier alpha value is -0.960. The van der Waals surface area contributed by atoms with Crippen molar-refractivity contribution in [2.45, 2.75) is 70.8 Å². The lowest BCUT2D eigenvalue weighted by Crippen LogP contribution is -2.55. The minimum atomic E-state index is -0.171. The maximum Gasteiger partial charge on any atom is 0.161 e. The number of hydrogen-bond acceptors (Lipinski definition) is 3. The van der Waals surface area contributed by atoms with E-state index in [1.54, 1.807) is 0 Å². The summed E-state index contributed by atoms with van der Waals surface area (Å²) in [5.74, 6) is 3.27. The summed E-state index contributed by atoms with van der Waals surface area (Å²) >= 11 is 0. The molecule has 0 amide bonds. The first-order valence-corrected chi connectivity index (χ1v) is 10.3. The molecule has 7 atom stereocenters. The molecule has 136 valence electrons. The van der Waals surface area contributed by atoms with Gasteiger partial charge in [0.25, 0.3) is 0 Å². The van der Waals surface area contributed by atoms with Gasteiger partial charge in [0, 0.05) is 18.3 Å². The van der Waals surface area contributed by atoms with Crippen LogP contribution in [0.4, 0.5) is 0 Å². The van der Waals surface area contributed by atoms with Crippen molar-refractivity contribution in [3.8, 4) is 0 Å². The molecule has 0 aromatic carbocycles. The Morgan fingerprint density at radius 3 is 2.60 bits per heavy atom. The summed E-state index contributed by atoms with van der Waals surface area (Å²) in [6, 6.07) is 0. The van der Waals surface area contributed by atoms with Crippen LogP contribution in [-0.2, 0) is 14.3 Å². The number of allylic oxidation sites excluding steroid dienone is 2. The van der Waals surface area contributed by atoms with Gasteiger partial charge in [0.1, 0.15) is 6.61 Å². The summed E-state index contributed by atoms with van der Waals surface area (Å²) in [6.07, 6.45) is 12.7. The van der Waals surface area contributed by atoms with Crippen LogP contribution in [0.1, 0.15) is 65.2 Å². The first-order valence-electron chi connectivity index (χ1n) is 10.3. The van der Waals surface area contributed by atoms with Crippen LogP contribution in [0.5, 0.6) is 0 Å². The van der Waals surface area contributed by atoms with Crippen molar-refractivity contribution < 1.29 is 14.3 Å². The van der Waals surface area contributed by atoms with E-state index in [4.69, 9.17) is 4.74 Å². The van der Waals surface area contributed by atoms with E-state index in [0.29, 0.717) is 42.3 Å². The summed E-state index contributed by atoms with van der Waals surface area (Å²) in [7, 11) is 0. The maximum atomic E-state index is 12.0. The molecule has 5 rings (SSSR count). The highest BCUT2D eigenvalue weighted by atomic mass is 16.5. The van der Waals surface area contributed by atoms with Gasteiger partial charge in [0.2, 0.25) is 0 Å². The van der Waals surface area contributed by atoms with E-state index in [9.17, 15) is 9.59 Å². The molecule has 5 aliphatic rings. The van der Waals surface area contributed by atoms with Crippen LogP contribution in [0.2, 0.25) is 0 Å². The number of hydrogen-bond donors (Lipinski definition) is 0. The van der Waals surface area contributed by atoms with Crippen LogP contribution in [0.15, 0.2) is 12.2 Å². The summed E-state index contributed by atoms with van der Waals surface area (Å²) in [5.41, 5.74) is 0.188. The fourth-order valence-corrected chi connectivity index (χ4v) is 7.89. The molecule has 1 unspecified atom stereocenters. The second-order valence-electron chi connectivity index (χ2n) is 10.0. The quantitative estimate of drug-likeness (QED) is 0.665. The Bertz CT molecular complexity index is 666. The molecule has 1 aliphatic heterocycles. The molecule has 25 heavy (non-hydrogen) atoms. The van der Waals surface area contributed by atoms with Crippen LogP contribution in [0, 0.1) is 34.5 Å². The average Bonchev–Trinajstić information content (AvgIpc) is 3.10. The summed E-state index contributed by atoms with van der Waals surface area (Å²) < 4.78 is 6.20. The Balaban J connectivity index is 1.49. The zero-order chi connectivity index (χ0) is 17.4. The molecular weight excluding hydrogens is 312 g/mol. The van der Waals surface area contributed by atoms with Gasteiger partial charge in [-0.25, -0.2) is 0 Å². The van der Waals surface area contributed by atoms with Gasteiger partial charge in [-0.3, -0.25) is 9.59 Å². The van der Waals surface area contributed by atoms with Gasteiger partial charge in [-0.15, -0.1) is 0 Å². The van der Waals surface area contributed by atoms with E-state index in [-0.39, 0.29) is 16.4 Å². The third-order valence-corrected chi connectivity index (χ3v) is 9.32. The molecule has 4 aliphatic carbocycles. The van der Waals surface area contributed by atoms with Crippen molar-refractivity contribution in [2.75, 3.05) is 6.61 Å². The van der Waals surface area contributed by atoms with Gasteiger partial charge in [0.15, 0.2) is 11.6 Å². The van der Waals surface area contributed by atoms with E-state index < -0.39 is 0 Å². The molecular formula is C22H30O3. The highest BCUT2D eigenvalue weighted by Gasteiger charge is 2.66. The number of fused-ring (bicyclic) bond motifs is 6. The van der Waals surface area contributed by atoms with Gasteiger partial charge < -0.3 is 4.74 Å². The van der Waals surface area contributed by atoms with Crippen LogP contribution < -0.4 is 0 Å². The van der Waals surface area contributed by atoms with Crippen LogP contribution in [0.3, 0.4) is 0 Å². The van der Waals surface area contributed by atoms with Crippen LogP contribution in [0.25, 0.3) is 0 Å². The zero-order valence-electron chi connectivity index (χ0n) is 15.6. The lowest BCUT2D eigenvalue weighted by atomic mass is 9.45. The predicted octanol–water partition coefficient (Wildman–Crippen LogP) is 4.10. The molecule has 0 N–H and O–H groups in total. The second-order valence-corrected chi connectivity index (χ2v) is 10.0. The Morgan fingerprint density at radius 2 is 1.84 bits per heavy atom. The molecule has 3 heteroatoms. The molecule has 1 saturated heterocycles. The smallest absolute Gasteiger partial charge is 0.161 e. The third-order valence-electron chi connectivity index (χ3n) is 9.32. The lowest BCUT2D eigenvalue weighted by molar-refractivity contribution is -0.145. The van der Waals surface area contributed by atoms with E-state index >= 15 is 0 Å². The zero-order valence-corrected chi connectivity index (χ0v) is 15.6. The predicted molar refractivity (Wildman–Crippen MR) is 94.9 cm³/mol. The number of carbonyl (C=O) groups is 2. The van der Waals surface area contributed by atoms with E-state index in [1.165, 1.54) is 32.1 Å². The maximum absolute atomic E-state index is 12.0. The van der Waals surface area contributed by atoms with E-state index in [1.807, 2.05) is 6.08 Å². The number of ketones is 2. The van der Waals surface area contributed by atoms with Crippen molar-refractivity contribution in [3.63, 3.8) is 0 Å². The lowest BCUT2D eigenvalue weighted by Gasteiger charge is -2.60. The molecule has 1 spiro atoms. The monoisotopic (exact) mass is 342 g/mol. The molecule has 0 aromatic heterocycles. The van der Waals surface area contributed by atoms with Gasteiger partial charge >= 0.3 is 0 Å². The van der Waals surface area contributed by atoms with Gasteiger partial charge in [-0.2, -0.15) is 0 Å². The Labute approximate surface area is 150 Å². The first kappa shape index (κ1) is 16.2. The highest BCUT2D eigenvalue weighted by Crippen LogP contribution is 2.69. The highest BCUT2D eigenvalue weighted by molar-refractivity contribution is 5.91. The van der Waals surface area contributed by atoms with Crippen LogP contribution in [-0.4, -0.2) is 23.8 Å². The van der Waals surface area contributed by atoms with Gasteiger partial charge in [-0.1, -0.05) is 19.9 Å². The molecule has 0 radical (unpaired) electrons. The first-order chi connectivity index (χ1) is 11.9. The molecule has 0 bridgehead atoms. The second kappa shape index (κ2) is 5.06.